The molecule has 0 spiro atoms. The first-order chi connectivity index (χ1) is 3.68. The molecule has 0 atom stereocenters. The molecule has 0 aliphatic heterocycles. The number of hydrogen-bond donors (Lipinski definition) is 1. The van der Waals surface area contributed by atoms with Gasteiger partial charge in [-0.1, -0.05) is 20.8 Å². The van der Waals surface area contributed by atoms with Crippen molar-refractivity contribution in [1.29, 1.82) is 0 Å². The molecule has 9 heavy (non-hydrogen) atoms. The van der Waals surface area contributed by atoms with Crippen LogP contribution in [-0.2, 0) is 27.3 Å². The molecule has 0 unspecified atom stereocenters. The van der Waals surface area contributed by atoms with Crippen molar-refractivity contribution in [3.8, 4) is 0 Å². The zero-order valence-corrected chi connectivity index (χ0v) is 10.6. The second-order valence-electron chi connectivity index (χ2n) is 2.32. The first-order valence-corrected chi connectivity index (χ1v) is 3.26. The van der Waals surface area contributed by atoms with Crippen LogP contribution >= 0.6 is 0 Å². The summed E-state index contributed by atoms with van der Waals surface area (Å²) in [6, 6.07) is 0. The van der Waals surface area contributed by atoms with Crippen molar-refractivity contribution in [2.45, 2.75) is 38.6 Å². The first kappa shape index (κ1) is 12.5. The Morgan fingerprint density at radius 2 is 1.67 bits per heavy atom. The summed E-state index contributed by atoms with van der Waals surface area (Å²) in [5.41, 5.74) is 5.85. The van der Waals surface area contributed by atoms with Gasteiger partial charge in [-0.3, -0.25) is 0 Å². The third-order valence-corrected chi connectivity index (χ3v) is 1.91. The van der Waals surface area contributed by atoms with Gasteiger partial charge in [0.05, 0.1) is 0 Å². The average Bonchev–Trinajstić information content (AvgIpc) is 1.87. The van der Waals surface area contributed by atoms with Crippen LogP contribution in [0.15, 0.2) is 0 Å². The summed E-state index contributed by atoms with van der Waals surface area (Å²) in [6.07, 6.45) is 2.92. The Balaban J connectivity index is 0. The van der Waals surface area contributed by atoms with Crippen molar-refractivity contribution in [2.24, 2.45) is 5.73 Å². The number of rotatable bonds is 3. The molecule has 0 aromatic carbocycles. The Morgan fingerprint density at radius 1 is 1.33 bits per heavy atom. The molecule has 0 aromatic rings. The van der Waals surface area contributed by atoms with Crippen LogP contribution in [0.1, 0.15) is 33.1 Å². The van der Waals surface area contributed by atoms with E-state index in [0.717, 1.165) is 19.3 Å². The maximum absolute atomic E-state index is 5.83. The van der Waals surface area contributed by atoms with Gasteiger partial charge >= 0.3 is 0 Å². The van der Waals surface area contributed by atoms with E-state index in [1.165, 1.54) is 0 Å². The van der Waals surface area contributed by atoms with Crippen LogP contribution in [0.5, 0.6) is 0 Å². The van der Waals surface area contributed by atoms with E-state index < -0.39 is 0 Å². The Hall–Kier alpha value is 0.882. The van der Waals surface area contributed by atoms with Crippen LogP contribution in [-0.4, -0.2) is 5.54 Å². The summed E-state index contributed by atoms with van der Waals surface area (Å²) >= 11 is 0. The van der Waals surface area contributed by atoms with Crippen molar-refractivity contribution in [2.75, 3.05) is 0 Å². The van der Waals surface area contributed by atoms with E-state index in [-0.39, 0.29) is 32.8 Å². The summed E-state index contributed by atoms with van der Waals surface area (Å²) in [4.78, 5) is 0. The van der Waals surface area contributed by atoms with Crippen LogP contribution in [0.25, 0.3) is 0 Å². The minimum atomic E-state index is 0. The smallest absolute Gasteiger partial charge is 0.0149 e. The fraction of sp³-hybridized carbons (Fsp3) is 0.857. The van der Waals surface area contributed by atoms with Crippen molar-refractivity contribution in [1.82, 2.24) is 0 Å². The van der Waals surface area contributed by atoms with E-state index in [2.05, 4.69) is 20.8 Å². The van der Waals surface area contributed by atoms with Gasteiger partial charge in [0.25, 0.3) is 0 Å². The van der Waals surface area contributed by atoms with Crippen LogP contribution in [0.4, 0.5) is 0 Å². The molecule has 0 heterocycles. The van der Waals surface area contributed by atoms with Gasteiger partial charge in [0, 0.05) is 32.8 Å². The molecule has 0 bridgehead atoms. The van der Waals surface area contributed by atoms with E-state index in [9.17, 15) is 0 Å². The molecule has 0 aromatic heterocycles. The van der Waals surface area contributed by atoms with Gasteiger partial charge in [-0.05, 0) is 19.3 Å². The van der Waals surface area contributed by atoms with E-state index in [0.29, 0.717) is 0 Å². The Labute approximate surface area is 78.6 Å². The largest absolute Gasteiger partial charge is 0.325 e. The average molecular weight is 227 g/mol. The zero-order chi connectivity index (χ0) is 6.62. The topological polar surface area (TPSA) is 26.0 Å². The molecule has 51 valence electrons. The predicted molar refractivity (Wildman–Crippen MR) is 37.5 cm³/mol. The Morgan fingerprint density at radius 3 is 1.67 bits per heavy atom. The molecule has 1 radical (unpaired) electrons. The van der Waals surface area contributed by atoms with Crippen molar-refractivity contribution < 1.29 is 27.3 Å². The Bertz CT molecular complexity index is 51.7. The molecule has 0 saturated carbocycles. The van der Waals surface area contributed by atoms with Gasteiger partial charge in [-0.15, -0.1) is 0 Å². The second kappa shape index (κ2) is 5.65. The Kier molecular flexibility index (Phi) is 7.88. The summed E-state index contributed by atoms with van der Waals surface area (Å²) in [6.45, 7) is 7.99. The summed E-state index contributed by atoms with van der Waals surface area (Å²) in [5, 5.41) is 0. The molecule has 0 aliphatic rings. The van der Waals surface area contributed by atoms with Crippen LogP contribution in [0.2, 0.25) is 0 Å². The van der Waals surface area contributed by atoms with Gasteiger partial charge in [0.1, 0.15) is 0 Å². The molecule has 2 heteroatoms. The minimum Gasteiger partial charge on any atom is -0.325 e. The van der Waals surface area contributed by atoms with Gasteiger partial charge in [-0.2, -0.15) is 0 Å². The standard InChI is InChI=1S/C7H16N.Cd/c1-4-7(8,5-2)6-3;/h1,4-6,8H2,2-3H3;. The predicted octanol–water partition coefficient (Wildman–Crippen LogP) is 1.73. The fourth-order valence-corrected chi connectivity index (χ4v) is 0.604. The molecular formula is C7H16CdN. The molecule has 0 saturated heterocycles. The van der Waals surface area contributed by atoms with Gasteiger partial charge in [0.2, 0.25) is 0 Å². The maximum Gasteiger partial charge on any atom is 0.0149 e. The van der Waals surface area contributed by atoms with Gasteiger partial charge in [-0.25, -0.2) is 0 Å². The number of nitrogens with two attached hydrogens (primary N) is 1. The molecule has 0 rings (SSSR count). The number of hydrogen-bond acceptors (Lipinski definition) is 1. The molecule has 2 N–H and O–H groups in total. The summed E-state index contributed by atoms with van der Waals surface area (Å²) < 4.78 is 0. The van der Waals surface area contributed by atoms with Gasteiger partial charge in [0.15, 0.2) is 0 Å². The van der Waals surface area contributed by atoms with Crippen molar-refractivity contribution in [3.05, 3.63) is 6.92 Å². The molecular weight excluding hydrogens is 210 g/mol. The SMILES string of the molecule is [CH2]CC(N)(CC)CC.[Cd]. The monoisotopic (exact) mass is 228 g/mol. The second-order valence-corrected chi connectivity index (χ2v) is 2.32. The third-order valence-electron chi connectivity index (χ3n) is 1.91. The third kappa shape index (κ3) is 4.31. The fourth-order valence-electron chi connectivity index (χ4n) is 0.604. The van der Waals surface area contributed by atoms with E-state index in [1.54, 1.807) is 0 Å². The van der Waals surface area contributed by atoms with Crippen molar-refractivity contribution in [3.63, 3.8) is 0 Å². The molecule has 0 fully saturated rings. The summed E-state index contributed by atoms with van der Waals surface area (Å²) in [5.74, 6) is 0. The molecule has 0 aliphatic carbocycles. The van der Waals surface area contributed by atoms with E-state index in [4.69, 9.17) is 5.73 Å². The van der Waals surface area contributed by atoms with Crippen LogP contribution in [0.3, 0.4) is 0 Å². The molecule has 1 nitrogen and oxygen atoms in total. The normalized spacial score (nSPS) is 10.7. The molecule has 0 amide bonds. The van der Waals surface area contributed by atoms with Crippen LogP contribution in [0, 0.1) is 6.92 Å². The van der Waals surface area contributed by atoms with Crippen LogP contribution < -0.4 is 5.73 Å². The van der Waals surface area contributed by atoms with E-state index >= 15 is 0 Å². The van der Waals surface area contributed by atoms with Gasteiger partial charge < -0.3 is 5.73 Å². The summed E-state index contributed by atoms with van der Waals surface area (Å²) in [7, 11) is 0. The first-order valence-electron chi connectivity index (χ1n) is 3.26. The minimum absolute atomic E-state index is 0. The van der Waals surface area contributed by atoms with Crippen molar-refractivity contribution >= 4 is 0 Å². The quantitative estimate of drug-likeness (QED) is 0.729. The zero-order valence-electron chi connectivity index (χ0n) is 6.61. The van der Waals surface area contributed by atoms with E-state index in [1.807, 2.05) is 0 Å². The maximum atomic E-state index is 5.83.